The van der Waals surface area contributed by atoms with E-state index in [2.05, 4.69) is 51.6 Å². The van der Waals surface area contributed by atoms with Gasteiger partial charge < -0.3 is 9.47 Å². The average molecular weight is 394 g/mol. The normalized spacial score (nSPS) is 17.1. The number of piperazine rings is 1. The minimum Gasteiger partial charge on any atom is -0.454 e. The lowest BCUT2D eigenvalue weighted by Gasteiger charge is -2.34. The molecular weight excluding hydrogens is 370 g/mol. The fourth-order valence-corrected chi connectivity index (χ4v) is 4.54. The van der Waals surface area contributed by atoms with Gasteiger partial charge in [0.1, 0.15) is 5.01 Å². The Kier molecular flexibility index (Phi) is 4.99. The molecule has 5 rings (SSSR count). The van der Waals surface area contributed by atoms with Crippen LogP contribution < -0.4 is 9.47 Å². The largest absolute Gasteiger partial charge is 0.454 e. The minimum atomic E-state index is 0.333. The molecule has 3 aromatic rings. The first-order chi connectivity index (χ1) is 13.8. The predicted molar refractivity (Wildman–Crippen MR) is 111 cm³/mol. The highest BCUT2D eigenvalue weighted by atomic mass is 32.1. The number of thiazole rings is 1. The fourth-order valence-electron chi connectivity index (χ4n) is 3.73. The van der Waals surface area contributed by atoms with Gasteiger partial charge in [0.15, 0.2) is 11.5 Å². The molecular formula is C22H23N3O2S. The Morgan fingerprint density at radius 1 is 0.857 bits per heavy atom. The zero-order valence-electron chi connectivity index (χ0n) is 15.7. The zero-order valence-corrected chi connectivity index (χ0v) is 16.5. The van der Waals surface area contributed by atoms with E-state index >= 15 is 0 Å². The smallest absolute Gasteiger partial charge is 0.231 e. The van der Waals surface area contributed by atoms with Gasteiger partial charge in [-0.1, -0.05) is 36.4 Å². The molecule has 0 N–H and O–H groups in total. The Bertz CT molecular complexity index is 936. The van der Waals surface area contributed by atoms with E-state index in [1.54, 1.807) is 11.3 Å². The summed E-state index contributed by atoms with van der Waals surface area (Å²) in [5.41, 5.74) is 3.66. The van der Waals surface area contributed by atoms with Gasteiger partial charge in [-0.15, -0.1) is 11.3 Å². The summed E-state index contributed by atoms with van der Waals surface area (Å²) >= 11 is 1.73. The zero-order chi connectivity index (χ0) is 18.8. The van der Waals surface area contributed by atoms with Gasteiger partial charge in [0.25, 0.3) is 0 Å². The SMILES string of the molecule is c1ccc(-c2nc(CN3CCN(Cc4ccc5c(c4)OCO5)CC3)cs2)cc1. The molecule has 1 fully saturated rings. The number of hydrogen-bond acceptors (Lipinski definition) is 6. The van der Waals surface area contributed by atoms with E-state index in [1.165, 1.54) is 16.8 Å². The van der Waals surface area contributed by atoms with Crippen LogP contribution in [0.15, 0.2) is 53.9 Å². The third kappa shape index (κ3) is 3.90. The molecule has 0 amide bonds. The molecule has 0 saturated carbocycles. The number of fused-ring (bicyclic) bond motifs is 1. The maximum absolute atomic E-state index is 5.49. The molecule has 1 aromatic heterocycles. The molecule has 2 aliphatic heterocycles. The van der Waals surface area contributed by atoms with E-state index < -0.39 is 0 Å². The summed E-state index contributed by atoms with van der Waals surface area (Å²) < 4.78 is 10.9. The Morgan fingerprint density at radius 3 is 2.43 bits per heavy atom. The third-order valence-corrected chi connectivity index (χ3v) is 6.21. The van der Waals surface area contributed by atoms with E-state index in [1.807, 2.05) is 12.1 Å². The molecule has 0 radical (unpaired) electrons. The van der Waals surface area contributed by atoms with Gasteiger partial charge in [0.05, 0.1) is 5.69 Å². The molecule has 0 atom stereocenters. The van der Waals surface area contributed by atoms with Crippen molar-refractivity contribution in [3.8, 4) is 22.1 Å². The lowest BCUT2D eigenvalue weighted by Crippen LogP contribution is -2.45. The molecule has 0 unspecified atom stereocenters. The lowest BCUT2D eigenvalue weighted by molar-refractivity contribution is 0.121. The van der Waals surface area contributed by atoms with Crippen LogP contribution in [0.2, 0.25) is 0 Å². The van der Waals surface area contributed by atoms with Crippen molar-refractivity contribution in [2.75, 3.05) is 33.0 Å². The number of benzene rings is 2. The van der Waals surface area contributed by atoms with Crippen molar-refractivity contribution < 1.29 is 9.47 Å². The minimum absolute atomic E-state index is 0.333. The standard InChI is InChI=1S/C22H23N3O2S/c1-2-4-18(5-3-1)22-23-19(15-28-22)14-25-10-8-24(9-11-25)13-17-6-7-20-21(12-17)27-16-26-20/h1-7,12,15H,8-11,13-14,16H2. The highest BCUT2D eigenvalue weighted by Crippen LogP contribution is 2.33. The van der Waals surface area contributed by atoms with Crippen molar-refractivity contribution in [2.45, 2.75) is 13.1 Å². The summed E-state index contributed by atoms with van der Waals surface area (Å²) in [4.78, 5) is 9.84. The van der Waals surface area contributed by atoms with Gasteiger partial charge in [-0.2, -0.15) is 0 Å². The number of aromatic nitrogens is 1. The lowest BCUT2D eigenvalue weighted by atomic mass is 10.1. The average Bonchev–Trinajstić information content (AvgIpc) is 3.39. The highest BCUT2D eigenvalue weighted by Gasteiger charge is 2.19. The summed E-state index contributed by atoms with van der Waals surface area (Å²) in [6.45, 7) is 6.51. The van der Waals surface area contributed by atoms with Crippen molar-refractivity contribution in [3.05, 3.63) is 65.2 Å². The Hall–Kier alpha value is -2.41. The first kappa shape index (κ1) is 17.7. The maximum Gasteiger partial charge on any atom is 0.231 e. The summed E-state index contributed by atoms with van der Waals surface area (Å²) in [6.07, 6.45) is 0. The first-order valence-electron chi connectivity index (χ1n) is 9.66. The molecule has 144 valence electrons. The molecule has 3 heterocycles. The Labute approximate surface area is 169 Å². The number of nitrogens with zero attached hydrogens (tertiary/aromatic N) is 3. The summed E-state index contributed by atoms with van der Waals surface area (Å²) in [7, 11) is 0. The summed E-state index contributed by atoms with van der Waals surface area (Å²) in [5.74, 6) is 1.72. The van der Waals surface area contributed by atoms with Gasteiger partial charge >= 0.3 is 0 Å². The van der Waals surface area contributed by atoms with Gasteiger partial charge in [-0.05, 0) is 17.7 Å². The molecule has 5 nitrogen and oxygen atoms in total. The molecule has 2 aliphatic rings. The van der Waals surface area contributed by atoms with Crippen molar-refractivity contribution >= 4 is 11.3 Å². The van der Waals surface area contributed by atoms with Crippen molar-refractivity contribution in [1.82, 2.24) is 14.8 Å². The van der Waals surface area contributed by atoms with E-state index in [0.29, 0.717) is 6.79 Å². The van der Waals surface area contributed by atoms with Gasteiger partial charge in [0.2, 0.25) is 6.79 Å². The van der Waals surface area contributed by atoms with Gasteiger partial charge in [-0.25, -0.2) is 4.98 Å². The molecule has 6 heteroatoms. The first-order valence-corrected chi connectivity index (χ1v) is 10.5. The van der Waals surface area contributed by atoms with E-state index in [0.717, 1.165) is 55.8 Å². The molecule has 0 bridgehead atoms. The van der Waals surface area contributed by atoms with Crippen LogP contribution in [-0.2, 0) is 13.1 Å². The predicted octanol–water partition coefficient (Wildman–Crippen LogP) is 3.86. The highest BCUT2D eigenvalue weighted by molar-refractivity contribution is 7.13. The Morgan fingerprint density at radius 2 is 1.61 bits per heavy atom. The van der Waals surface area contributed by atoms with E-state index in [-0.39, 0.29) is 0 Å². The van der Waals surface area contributed by atoms with Crippen LogP contribution in [0, 0.1) is 0 Å². The fraction of sp³-hybridized carbons (Fsp3) is 0.318. The van der Waals surface area contributed by atoms with Crippen LogP contribution in [-0.4, -0.2) is 47.8 Å². The molecule has 2 aromatic carbocycles. The van der Waals surface area contributed by atoms with Crippen LogP contribution in [0.4, 0.5) is 0 Å². The topological polar surface area (TPSA) is 37.8 Å². The second-order valence-electron chi connectivity index (χ2n) is 7.25. The van der Waals surface area contributed by atoms with Crippen molar-refractivity contribution in [1.29, 1.82) is 0 Å². The molecule has 1 saturated heterocycles. The molecule has 0 aliphatic carbocycles. The quantitative estimate of drug-likeness (QED) is 0.658. The Balaban J connectivity index is 1.14. The summed E-state index contributed by atoms with van der Waals surface area (Å²) in [6, 6.07) is 16.7. The summed E-state index contributed by atoms with van der Waals surface area (Å²) in [5, 5.41) is 3.30. The molecule has 28 heavy (non-hydrogen) atoms. The van der Waals surface area contributed by atoms with Crippen LogP contribution >= 0.6 is 11.3 Å². The van der Waals surface area contributed by atoms with E-state index in [9.17, 15) is 0 Å². The second kappa shape index (κ2) is 7.91. The van der Waals surface area contributed by atoms with Gasteiger partial charge in [0, 0.05) is 50.2 Å². The van der Waals surface area contributed by atoms with Crippen LogP contribution in [0.5, 0.6) is 11.5 Å². The van der Waals surface area contributed by atoms with Crippen molar-refractivity contribution in [2.24, 2.45) is 0 Å². The van der Waals surface area contributed by atoms with Gasteiger partial charge in [-0.3, -0.25) is 9.80 Å². The third-order valence-electron chi connectivity index (χ3n) is 5.27. The van der Waals surface area contributed by atoms with Crippen LogP contribution in [0.3, 0.4) is 0 Å². The van der Waals surface area contributed by atoms with E-state index in [4.69, 9.17) is 14.5 Å². The molecule has 0 spiro atoms. The second-order valence-corrected chi connectivity index (χ2v) is 8.11. The number of hydrogen-bond donors (Lipinski definition) is 0. The van der Waals surface area contributed by atoms with Crippen LogP contribution in [0.25, 0.3) is 10.6 Å². The van der Waals surface area contributed by atoms with Crippen LogP contribution in [0.1, 0.15) is 11.3 Å². The number of ether oxygens (including phenoxy) is 2. The monoisotopic (exact) mass is 393 g/mol. The maximum atomic E-state index is 5.49. The van der Waals surface area contributed by atoms with Crippen molar-refractivity contribution in [3.63, 3.8) is 0 Å². The number of rotatable bonds is 5.